The summed E-state index contributed by atoms with van der Waals surface area (Å²) in [6.45, 7) is 1.74. The monoisotopic (exact) mass is 154 g/mol. The number of carbonyl (C=O) groups is 1. The van der Waals surface area contributed by atoms with E-state index >= 15 is 0 Å². The van der Waals surface area contributed by atoms with Crippen LogP contribution in [0.4, 0.5) is 10.6 Å². The molecule has 0 aliphatic carbocycles. The number of nitrogens with zero attached hydrogens (tertiary/aromatic N) is 2. The summed E-state index contributed by atoms with van der Waals surface area (Å²) in [5.41, 5.74) is 6.18. The maximum atomic E-state index is 11.0. The molecule has 0 aliphatic heterocycles. The lowest BCUT2D eigenvalue weighted by molar-refractivity contribution is 0.244. The molecule has 5 heteroatoms. The van der Waals surface area contributed by atoms with Crippen molar-refractivity contribution >= 4 is 11.8 Å². The first-order chi connectivity index (χ1) is 5.16. The van der Waals surface area contributed by atoms with E-state index in [0.717, 1.165) is 0 Å². The van der Waals surface area contributed by atoms with Crippen molar-refractivity contribution in [2.45, 2.75) is 6.92 Å². The number of amides is 1. The molecule has 0 radical (unpaired) electrons. The Bertz CT molecular complexity index is 278. The van der Waals surface area contributed by atoms with Gasteiger partial charge < -0.3 is 11.1 Å². The number of aromatic nitrogens is 2. The number of hydrogen-bond acceptors (Lipinski definition) is 3. The molecule has 0 atom stereocenters. The highest BCUT2D eigenvalue weighted by atomic mass is 16.2. The van der Waals surface area contributed by atoms with Gasteiger partial charge in [0.15, 0.2) is 0 Å². The summed E-state index contributed by atoms with van der Waals surface area (Å²) < 4.78 is 1.26. The summed E-state index contributed by atoms with van der Waals surface area (Å²) >= 11 is 0. The van der Waals surface area contributed by atoms with Crippen molar-refractivity contribution in [3.05, 3.63) is 12.0 Å². The Morgan fingerprint density at radius 2 is 2.45 bits per heavy atom. The molecule has 1 aromatic rings. The van der Waals surface area contributed by atoms with Crippen LogP contribution in [0.5, 0.6) is 0 Å². The Morgan fingerprint density at radius 3 is 2.82 bits per heavy atom. The molecule has 11 heavy (non-hydrogen) atoms. The third kappa shape index (κ3) is 1.17. The second-order valence-corrected chi connectivity index (χ2v) is 2.14. The Morgan fingerprint density at radius 1 is 1.82 bits per heavy atom. The Balaban J connectivity index is 3.04. The first kappa shape index (κ1) is 7.59. The van der Waals surface area contributed by atoms with Crippen LogP contribution in [-0.4, -0.2) is 22.6 Å². The lowest BCUT2D eigenvalue weighted by Crippen LogP contribution is -2.24. The van der Waals surface area contributed by atoms with Crippen molar-refractivity contribution in [2.24, 2.45) is 0 Å². The zero-order valence-corrected chi connectivity index (χ0v) is 6.46. The van der Waals surface area contributed by atoms with Gasteiger partial charge in [0.05, 0.1) is 5.69 Å². The maximum Gasteiger partial charge on any atom is 0.328 e. The number of carbonyl (C=O) groups excluding carboxylic acids is 1. The van der Waals surface area contributed by atoms with Gasteiger partial charge in [-0.15, -0.1) is 0 Å². The smallest absolute Gasteiger partial charge is 0.328 e. The van der Waals surface area contributed by atoms with Crippen molar-refractivity contribution in [3.8, 4) is 0 Å². The molecule has 1 amide bonds. The summed E-state index contributed by atoms with van der Waals surface area (Å²) in [7, 11) is 1.54. The first-order valence-electron chi connectivity index (χ1n) is 3.18. The molecule has 1 rings (SSSR count). The zero-order valence-electron chi connectivity index (χ0n) is 6.46. The minimum atomic E-state index is -0.275. The van der Waals surface area contributed by atoms with Crippen molar-refractivity contribution in [1.82, 2.24) is 14.9 Å². The normalized spacial score (nSPS) is 9.64. The second kappa shape index (κ2) is 2.61. The van der Waals surface area contributed by atoms with Crippen LogP contribution in [0.15, 0.2) is 6.33 Å². The van der Waals surface area contributed by atoms with E-state index in [1.807, 2.05) is 0 Å². The van der Waals surface area contributed by atoms with Crippen LogP contribution < -0.4 is 11.1 Å². The average molecular weight is 154 g/mol. The Labute approximate surface area is 64.2 Å². The van der Waals surface area contributed by atoms with Crippen molar-refractivity contribution in [2.75, 3.05) is 12.8 Å². The highest BCUT2D eigenvalue weighted by Crippen LogP contribution is 2.06. The van der Waals surface area contributed by atoms with Crippen molar-refractivity contribution < 1.29 is 4.79 Å². The SMILES string of the molecule is CNC(=O)n1cnc(C)c1N. The molecule has 5 nitrogen and oxygen atoms in total. The quantitative estimate of drug-likeness (QED) is 0.550. The van der Waals surface area contributed by atoms with Gasteiger partial charge in [-0.05, 0) is 6.92 Å². The lowest BCUT2D eigenvalue weighted by atomic mass is 10.5. The molecule has 60 valence electrons. The lowest BCUT2D eigenvalue weighted by Gasteiger charge is -2.00. The van der Waals surface area contributed by atoms with Gasteiger partial charge in [-0.1, -0.05) is 0 Å². The summed E-state index contributed by atoms with van der Waals surface area (Å²) in [6, 6.07) is -0.275. The van der Waals surface area contributed by atoms with Crippen LogP contribution in [-0.2, 0) is 0 Å². The second-order valence-electron chi connectivity index (χ2n) is 2.14. The standard InChI is InChI=1S/C6H10N4O/c1-4-5(7)10(3-9-4)6(11)8-2/h3H,7H2,1-2H3,(H,8,11). The Hall–Kier alpha value is -1.52. The van der Waals surface area contributed by atoms with E-state index in [9.17, 15) is 4.79 Å². The van der Waals surface area contributed by atoms with E-state index in [-0.39, 0.29) is 6.03 Å². The summed E-state index contributed by atoms with van der Waals surface area (Å²) in [6.07, 6.45) is 1.39. The van der Waals surface area contributed by atoms with Gasteiger partial charge >= 0.3 is 6.03 Å². The molecule has 0 saturated heterocycles. The number of anilines is 1. The third-order valence-corrected chi connectivity index (χ3v) is 1.43. The van der Waals surface area contributed by atoms with Gasteiger partial charge in [0.25, 0.3) is 0 Å². The summed E-state index contributed by atoms with van der Waals surface area (Å²) in [4.78, 5) is 14.8. The van der Waals surface area contributed by atoms with Gasteiger partial charge in [-0.25, -0.2) is 14.3 Å². The molecular formula is C6H10N4O. The van der Waals surface area contributed by atoms with E-state index < -0.39 is 0 Å². The molecule has 3 N–H and O–H groups in total. The molecule has 1 heterocycles. The topological polar surface area (TPSA) is 72.9 Å². The number of hydrogen-bond donors (Lipinski definition) is 2. The maximum absolute atomic E-state index is 11.0. The minimum absolute atomic E-state index is 0.275. The number of nitrogens with two attached hydrogens (primary N) is 1. The van der Waals surface area contributed by atoms with E-state index in [1.165, 1.54) is 17.9 Å². The van der Waals surface area contributed by atoms with Gasteiger partial charge in [-0.3, -0.25) is 0 Å². The molecule has 0 unspecified atom stereocenters. The van der Waals surface area contributed by atoms with Gasteiger partial charge in [0.2, 0.25) is 0 Å². The molecular weight excluding hydrogens is 144 g/mol. The number of nitrogen functional groups attached to an aromatic ring is 1. The predicted octanol–water partition coefficient (Wildman–Crippen LogP) is -0.0388. The van der Waals surface area contributed by atoms with Crippen molar-refractivity contribution in [3.63, 3.8) is 0 Å². The molecule has 0 saturated carbocycles. The van der Waals surface area contributed by atoms with Gasteiger partial charge in [0.1, 0.15) is 12.1 Å². The van der Waals surface area contributed by atoms with E-state index in [0.29, 0.717) is 11.5 Å². The van der Waals surface area contributed by atoms with Crippen LogP contribution in [0.3, 0.4) is 0 Å². The minimum Gasteiger partial charge on any atom is -0.383 e. The highest BCUT2D eigenvalue weighted by Gasteiger charge is 2.07. The van der Waals surface area contributed by atoms with E-state index in [1.54, 1.807) is 6.92 Å². The number of imidazole rings is 1. The molecule has 0 aliphatic rings. The molecule has 0 spiro atoms. The predicted molar refractivity (Wildman–Crippen MR) is 41.2 cm³/mol. The fraction of sp³-hybridized carbons (Fsp3) is 0.333. The van der Waals surface area contributed by atoms with Crippen LogP contribution >= 0.6 is 0 Å². The summed E-state index contributed by atoms with van der Waals surface area (Å²) in [5, 5.41) is 2.44. The molecule has 0 fully saturated rings. The van der Waals surface area contributed by atoms with Crippen LogP contribution in [0, 0.1) is 6.92 Å². The number of aryl methyl sites for hydroxylation is 1. The third-order valence-electron chi connectivity index (χ3n) is 1.43. The first-order valence-corrected chi connectivity index (χ1v) is 3.18. The fourth-order valence-electron chi connectivity index (χ4n) is 0.729. The fourth-order valence-corrected chi connectivity index (χ4v) is 0.729. The Kier molecular flexibility index (Phi) is 1.80. The van der Waals surface area contributed by atoms with Crippen molar-refractivity contribution in [1.29, 1.82) is 0 Å². The van der Waals surface area contributed by atoms with E-state index in [2.05, 4.69) is 10.3 Å². The van der Waals surface area contributed by atoms with E-state index in [4.69, 9.17) is 5.73 Å². The molecule has 0 bridgehead atoms. The zero-order chi connectivity index (χ0) is 8.43. The number of nitrogens with one attached hydrogen (secondary N) is 1. The molecule has 0 aromatic carbocycles. The number of rotatable bonds is 0. The van der Waals surface area contributed by atoms with Crippen LogP contribution in [0.25, 0.3) is 0 Å². The van der Waals surface area contributed by atoms with Gasteiger partial charge in [-0.2, -0.15) is 0 Å². The highest BCUT2D eigenvalue weighted by molar-refractivity contribution is 5.79. The average Bonchev–Trinajstić information content (AvgIpc) is 2.32. The van der Waals surface area contributed by atoms with Gasteiger partial charge in [0, 0.05) is 7.05 Å². The largest absolute Gasteiger partial charge is 0.383 e. The summed E-state index contributed by atoms with van der Waals surface area (Å²) in [5.74, 6) is 0.379. The van der Waals surface area contributed by atoms with Crippen LogP contribution in [0.1, 0.15) is 5.69 Å². The van der Waals surface area contributed by atoms with Crippen LogP contribution in [0.2, 0.25) is 0 Å². The molecule has 1 aromatic heterocycles.